The van der Waals surface area contributed by atoms with Crippen LogP contribution in [0.2, 0.25) is 0 Å². The van der Waals surface area contributed by atoms with Gasteiger partial charge in [0, 0.05) is 12.6 Å². The van der Waals surface area contributed by atoms with Crippen molar-refractivity contribution in [2.24, 2.45) is 5.84 Å². The Morgan fingerprint density at radius 2 is 2.06 bits per heavy atom. The fourth-order valence-electron chi connectivity index (χ4n) is 1.55. The van der Waals surface area contributed by atoms with Crippen LogP contribution in [0.15, 0.2) is 6.07 Å². The van der Waals surface area contributed by atoms with E-state index in [1.54, 1.807) is 13.8 Å². The molecule has 0 saturated heterocycles. The van der Waals surface area contributed by atoms with Crippen LogP contribution in [0, 0.1) is 6.92 Å². The van der Waals surface area contributed by atoms with Gasteiger partial charge in [0.05, 0.1) is 0 Å². The maximum Gasteiger partial charge on any atom is 0.405 e. The molecule has 0 bridgehead atoms. The van der Waals surface area contributed by atoms with Crippen molar-refractivity contribution in [3.05, 3.63) is 11.9 Å². The van der Waals surface area contributed by atoms with E-state index in [1.807, 2.05) is 0 Å². The minimum absolute atomic E-state index is 0.217. The zero-order chi connectivity index (χ0) is 13.8. The van der Waals surface area contributed by atoms with Gasteiger partial charge in [-0.05, 0) is 13.3 Å². The zero-order valence-corrected chi connectivity index (χ0v) is 10.3. The highest BCUT2D eigenvalue weighted by Crippen LogP contribution is 2.22. The van der Waals surface area contributed by atoms with Crippen LogP contribution >= 0.6 is 0 Å². The highest BCUT2D eigenvalue weighted by Gasteiger charge is 2.31. The van der Waals surface area contributed by atoms with E-state index in [1.165, 1.54) is 6.07 Å². The minimum atomic E-state index is -4.27. The van der Waals surface area contributed by atoms with Crippen LogP contribution in [-0.2, 0) is 0 Å². The number of nitrogens with zero attached hydrogens (tertiary/aromatic N) is 3. The van der Waals surface area contributed by atoms with Crippen molar-refractivity contribution in [1.29, 1.82) is 0 Å². The number of nitrogens with one attached hydrogen (secondary N) is 1. The molecule has 3 N–H and O–H groups in total. The molecule has 1 aromatic rings. The molecule has 5 nitrogen and oxygen atoms in total. The first-order chi connectivity index (χ1) is 8.35. The van der Waals surface area contributed by atoms with E-state index in [0.29, 0.717) is 18.1 Å². The van der Waals surface area contributed by atoms with Crippen LogP contribution in [-0.4, -0.2) is 29.2 Å². The largest absolute Gasteiger partial charge is 0.405 e. The summed E-state index contributed by atoms with van der Waals surface area (Å²) >= 11 is 0. The summed E-state index contributed by atoms with van der Waals surface area (Å²) in [6.07, 6.45) is -3.69. The standard InChI is InChI=1S/C10H16F3N5/c1-3-4-18(6-10(11,12)13)9-5-8(17-14)15-7(2)16-9/h5H,3-4,6,14H2,1-2H3,(H,15,16,17). The number of hydrogen-bond acceptors (Lipinski definition) is 5. The maximum absolute atomic E-state index is 12.5. The highest BCUT2D eigenvalue weighted by atomic mass is 19.4. The molecule has 0 aromatic carbocycles. The van der Waals surface area contributed by atoms with E-state index in [4.69, 9.17) is 5.84 Å². The summed E-state index contributed by atoms with van der Waals surface area (Å²) in [5.74, 6) is 6.08. The number of halogens is 3. The molecule has 1 aromatic heterocycles. The molecule has 0 atom stereocenters. The van der Waals surface area contributed by atoms with Crippen molar-refractivity contribution in [1.82, 2.24) is 9.97 Å². The van der Waals surface area contributed by atoms with Gasteiger partial charge in [-0.3, -0.25) is 0 Å². The Labute approximate surface area is 103 Å². The lowest BCUT2D eigenvalue weighted by Crippen LogP contribution is -2.35. The second-order valence-corrected chi connectivity index (χ2v) is 3.84. The van der Waals surface area contributed by atoms with Gasteiger partial charge in [-0.2, -0.15) is 13.2 Å². The first kappa shape index (κ1) is 14.5. The molecule has 0 aliphatic rings. The van der Waals surface area contributed by atoms with Gasteiger partial charge in [-0.1, -0.05) is 6.92 Å². The Morgan fingerprint density at radius 3 is 2.56 bits per heavy atom. The number of nitrogens with two attached hydrogens (primary N) is 1. The fourth-order valence-corrected chi connectivity index (χ4v) is 1.55. The summed E-state index contributed by atoms with van der Waals surface area (Å²) in [7, 11) is 0. The van der Waals surface area contributed by atoms with Crippen molar-refractivity contribution in [2.45, 2.75) is 26.4 Å². The lowest BCUT2D eigenvalue weighted by Gasteiger charge is -2.24. The molecule has 0 saturated carbocycles. The van der Waals surface area contributed by atoms with E-state index >= 15 is 0 Å². The summed E-state index contributed by atoms with van der Waals surface area (Å²) in [6.45, 7) is 2.63. The Morgan fingerprint density at radius 1 is 1.39 bits per heavy atom. The van der Waals surface area contributed by atoms with E-state index in [9.17, 15) is 13.2 Å². The second-order valence-electron chi connectivity index (χ2n) is 3.84. The highest BCUT2D eigenvalue weighted by molar-refractivity contribution is 5.48. The number of nitrogen functional groups attached to an aromatic ring is 1. The van der Waals surface area contributed by atoms with Gasteiger partial charge < -0.3 is 10.3 Å². The number of rotatable bonds is 5. The van der Waals surface area contributed by atoms with Crippen molar-refractivity contribution in [2.75, 3.05) is 23.4 Å². The topological polar surface area (TPSA) is 67.1 Å². The lowest BCUT2D eigenvalue weighted by atomic mass is 10.3. The fraction of sp³-hybridized carbons (Fsp3) is 0.600. The number of alkyl halides is 3. The van der Waals surface area contributed by atoms with Gasteiger partial charge in [0.25, 0.3) is 0 Å². The molecule has 0 fully saturated rings. The van der Waals surface area contributed by atoms with Crippen LogP contribution in [0.5, 0.6) is 0 Å². The van der Waals surface area contributed by atoms with Crippen molar-refractivity contribution in [3.63, 3.8) is 0 Å². The third kappa shape index (κ3) is 4.36. The molecule has 1 rings (SSSR count). The summed E-state index contributed by atoms with van der Waals surface area (Å²) in [5.41, 5.74) is 2.31. The van der Waals surface area contributed by atoms with Crippen LogP contribution < -0.4 is 16.2 Å². The molecular weight excluding hydrogens is 247 g/mol. The average molecular weight is 263 g/mol. The SMILES string of the molecule is CCCN(CC(F)(F)F)c1cc(NN)nc(C)n1. The van der Waals surface area contributed by atoms with Crippen LogP contribution in [0.1, 0.15) is 19.2 Å². The quantitative estimate of drug-likeness (QED) is 0.627. The second kappa shape index (κ2) is 5.85. The van der Waals surface area contributed by atoms with Crippen LogP contribution in [0.25, 0.3) is 0 Å². The van der Waals surface area contributed by atoms with Gasteiger partial charge in [-0.15, -0.1) is 0 Å². The van der Waals surface area contributed by atoms with Crippen molar-refractivity contribution in [3.8, 4) is 0 Å². The number of hydrogen-bond donors (Lipinski definition) is 2. The van der Waals surface area contributed by atoms with Gasteiger partial charge in [0.15, 0.2) is 0 Å². The molecule has 0 aliphatic heterocycles. The lowest BCUT2D eigenvalue weighted by molar-refractivity contribution is -0.119. The third-order valence-electron chi connectivity index (χ3n) is 2.16. The molecule has 0 spiro atoms. The Bertz CT molecular complexity index is 394. The molecule has 102 valence electrons. The Hall–Kier alpha value is -1.57. The van der Waals surface area contributed by atoms with E-state index < -0.39 is 12.7 Å². The van der Waals surface area contributed by atoms with Crippen LogP contribution in [0.4, 0.5) is 24.8 Å². The minimum Gasteiger partial charge on any atom is -0.347 e. The Balaban J connectivity index is 3.01. The molecule has 8 heteroatoms. The molecule has 0 aliphatic carbocycles. The van der Waals surface area contributed by atoms with E-state index in [0.717, 1.165) is 4.90 Å². The molecular formula is C10H16F3N5. The van der Waals surface area contributed by atoms with E-state index in [-0.39, 0.29) is 12.4 Å². The van der Waals surface area contributed by atoms with Gasteiger partial charge in [0.1, 0.15) is 24.0 Å². The zero-order valence-electron chi connectivity index (χ0n) is 10.3. The first-order valence-electron chi connectivity index (χ1n) is 5.49. The maximum atomic E-state index is 12.5. The normalized spacial score (nSPS) is 11.4. The number of aryl methyl sites for hydroxylation is 1. The predicted octanol–water partition coefficient (Wildman–Crippen LogP) is 1.85. The number of aromatic nitrogens is 2. The Kier molecular flexibility index (Phi) is 4.71. The van der Waals surface area contributed by atoms with Gasteiger partial charge in [0.2, 0.25) is 0 Å². The number of anilines is 2. The van der Waals surface area contributed by atoms with Crippen molar-refractivity contribution >= 4 is 11.6 Å². The molecule has 0 unspecified atom stereocenters. The molecule has 0 amide bonds. The average Bonchev–Trinajstić information content (AvgIpc) is 2.26. The van der Waals surface area contributed by atoms with Crippen molar-refractivity contribution < 1.29 is 13.2 Å². The summed E-state index contributed by atoms with van der Waals surface area (Å²) in [6, 6.07) is 1.40. The monoisotopic (exact) mass is 263 g/mol. The smallest absolute Gasteiger partial charge is 0.347 e. The number of hydrazine groups is 1. The summed E-state index contributed by atoms with van der Waals surface area (Å²) < 4.78 is 37.4. The van der Waals surface area contributed by atoms with Gasteiger partial charge in [-0.25, -0.2) is 15.8 Å². The first-order valence-corrected chi connectivity index (χ1v) is 5.49. The predicted molar refractivity (Wildman–Crippen MR) is 63.1 cm³/mol. The molecule has 1 heterocycles. The molecule has 18 heavy (non-hydrogen) atoms. The summed E-state index contributed by atoms with van der Waals surface area (Å²) in [4.78, 5) is 9.10. The van der Waals surface area contributed by atoms with Crippen LogP contribution in [0.3, 0.4) is 0 Å². The molecule has 0 radical (unpaired) electrons. The summed E-state index contributed by atoms with van der Waals surface area (Å²) in [5, 5.41) is 0. The third-order valence-corrected chi connectivity index (χ3v) is 2.16. The van der Waals surface area contributed by atoms with Gasteiger partial charge >= 0.3 is 6.18 Å². The van der Waals surface area contributed by atoms with E-state index in [2.05, 4.69) is 15.4 Å².